The lowest BCUT2D eigenvalue weighted by Crippen LogP contribution is -1.84. The highest BCUT2D eigenvalue weighted by Crippen LogP contribution is 1.89. The fraction of sp³-hybridized carbons (Fsp3) is 0.167. The summed E-state index contributed by atoms with van der Waals surface area (Å²) in [7, 11) is 0. The molecule has 0 fully saturated rings. The highest BCUT2D eigenvalue weighted by Gasteiger charge is 1.82. The van der Waals surface area contributed by atoms with Crippen molar-refractivity contribution in [2.45, 2.75) is 6.61 Å². The smallest absolute Gasteiger partial charge is 0.0852 e. The van der Waals surface area contributed by atoms with Gasteiger partial charge < -0.3 is 5.11 Å². The minimum Gasteiger partial charge on any atom is -0.390 e. The Morgan fingerprint density at radius 1 is 1.44 bits per heavy atom. The summed E-state index contributed by atoms with van der Waals surface area (Å²) in [6, 6.07) is 5.44. The lowest BCUT2D eigenvalue weighted by molar-refractivity contribution is 0.277. The third-order valence-corrected chi connectivity index (χ3v) is 0.888. The quantitative estimate of drug-likeness (QED) is 0.536. The van der Waals surface area contributed by atoms with Crippen LogP contribution in [0.2, 0.25) is 0 Å². The fourth-order valence-corrected chi connectivity index (χ4v) is 0.492. The summed E-state index contributed by atoms with van der Waals surface area (Å²) in [5.41, 5.74) is 0.715. The molecule has 45 valence electrons. The molecule has 0 unspecified atom stereocenters. The van der Waals surface area contributed by atoms with Gasteiger partial charge in [-0.2, -0.15) is 0 Å². The third-order valence-electron chi connectivity index (χ3n) is 0.888. The van der Waals surface area contributed by atoms with Crippen LogP contribution in [0.15, 0.2) is 24.4 Å². The van der Waals surface area contributed by atoms with Gasteiger partial charge in [-0.15, -0.1) is 0 Å². The largest absolute Gasteiger partial charge is 0.390 e. The maximum absolute atomic E-state index is 8.48. The maximum atomic E-state index is 8.48. The van der Waals surface area contributed by atoms with Crippen LogP contribution in [0.1, 0.15) is 5.69 Å². The van der Waals surface area contributed by atoms with Crippen LogP contribution in [0.25, 0.3) is 0 Å². The first-order valence-corrected chi connectivity index (χ1v) is 2.44. The summed E-state index contributed by atoms with van der Waals surface area (Å²) >= 11 is 0. The van der Waals surface area contributed by atoms with Gasteiger partial charge in [-0.25, -0.2) is 0 Å². The molecular weight excluding hydrogens is 113 g/mol. The van der Waals surface area contributed by atoms with E-state index in [1.165, 1.54) is 0 Å². The van der Waals surface area contributed by atoms with Crippen LogP contribution in [0.3, 0.4) is 0 Å². The Kier molecular flexibility index (Phi) is 3.72. The molecule has 0 aromatic carbocycles. The molecule has 0 bridgehead atoms. The zero-order chi connectivity index (χ0) is 5.82. The summed E-state index contributed by atoms with van der Waals surface area (Å²) in [5.74, 6) is 0. The van der Waals surface area contributed by atoms with Crippen molar-refractivity contribution in [2.24, 2.45) is 0 Å². The normalized spacial score (nSPS) is 8.11. The Morgan fingerprint density at radius 2 is 2.22 bits per heavy atom. The summed E-state index contributed by atoms with van der Waals surface area (Å²) in [6.45, 7) is 0.0286. The first kappa shape index (κ1) is 8.17. The van der Waals surface area contributed by atoms with Crippen molar-refractivity contribution in [3.8, 4) is 0 Å². The highest BCUT2D eigenvalue weighted by molar-refractivity contribution is 5.75. The van der Waals surface area contributed by atoms with Crippen molar-refractivity contribution in [2.75, 3.05) is 0 Å². The van der Waals surface area contributed by atoms with Crippen LogP contribution in [0.4, 0.5) is 0 Å². The van der Waals surface area contributed by atoms with Crippen molar-refractivity contribution < 1.29 is 5.11 Å². The molecule has 1 aromatic rings. The lowest BCUT2D eigenvalue weighted by atomic mass is 10.4. The van der Waals surface area contributed by atoms with Gasteiger partial charge in [0.05, 0.1) is 12.3 Å². The minimum absolute atomic E-state index is 0. The Balaban J connectivity index is 0.000000640. The molecule has 0 spiro atoms. The van der Waals surface area contributed by atoms with Crippen molar-refractivity contribution >= 4 is 8.41 Å². The van der Waals surface area contributed by atoms with Gasteiger partial charge in [-0.3, -0.25) is 4.98 Å². The molecule has 3 heteroatoms. The van der Waals surface area contributed by atoms with Gasteiger partial charge in [0.15, 0.2) is 0 Å². The van der Waals surface area contributed by atoms with E-state index in [1.807, 2.05) is 12.1 Å². The summed E-state index contributed by atoms with van der Waals surface area (Å²) < 4.78 is 0. The molecule has 1 aromatic heterocycles. The van der Waals surface area contributed by atoms with Crippen LogP contribution < -0.4 is 0 Å². The minimum atomic E-state index is 0. The summed E-state index contributed by atoms with van der Waals surface area (Å²) in [5, 5.41) is 8.48. The van der Waals surface area contributed by atoms with Crippen LogP contribution in [0, 0.1) is 0 Å². The number of pyridine rings is 1. The highest BCUT2D eigenvalue weighted by atomic mass is 16.3. The predicted molar refractivity (Wildman–Crippen MR) is 35.9 cm³/mol. The maximum Gasteiger partial charge on any atom is 0.0852 e. The van der Waals surface area contributed by atoms with Gasteiger partial charge in [0.2, 0.25) is 0 Å². The zero-order valence-corrected chi connectivity index (χ0v) is 4.99. The second-order valence-corrected chi connectivity index (χ2v) is 1.48. The average Bonchev–Trinajstić information content (AvgIpc) is 1.90. The van der Waals surface area contributed by atoms with E-state index in [4.69, 9.17) is 5.11 Å². The molecule has 0 saturated carbocycles. The molecule has 0 aliphatic rings. The van der Waals surface area contributed by atoms with Crippen molar-refractivity contribution in [1.82, 2.24) is 4.98 Å². The van der Waals surface area contributed by atoms with E-state index < -0.39 is 0 Å². The number of aromatic nitrogens is 1. The monoisotopic (exact) mass is 120 g/mol. The van der Waals surface area contributed by atoms with Crippen molar-refractivity contribution in [1.29, 1.82) is 0 Å². The summed E-state index contributed by atoms with van der Waals surface area (Å²) in [4.78, 5) is 3.85. The van der Waals surface area contributed by atoms with E-state index in [0.717, 1.165) is 0 Å². The first-order chi connectivity index (χ1) is 3.93. The Bertz CT molecular complexity index is 154. The van der Waals surface area contributed by atoms with E-state index in [-0.39, 0.29) is 15.0 Å². The molecule has 0 amide bonds. The molecule has 1 heterocycles. The molecule has 0 aliphatic carbocycles. The van der Waals surface area contributed by atoms with Gasteiger partial charge in [0.25, 0.3) is 0 Å². The number of hydrogen-bond donors (Lipinski definition) is 1. The van der Waals surface area contributed by atoms with Crippen LogP contribution >= 0.6 is 0 Å². The Morgan fingerprint density at radius 3 is 2.56 bits per heavy atom. The zero-order valence-electron chi connectivity index (χ0n) is 4.99. The molecule has 1 rings (SSSR count). The fourth-order valence-electron chi connectivity index (χ4n) is 0.492. The predicted octanol–water partition coefficient (Wildman–Crippen LogP) is 0.193. The van der Waals surface area contributed by atoms with E-state index in [0.29, 0.717) is 5.69 Å². The molecular formula is C6H7BNO. The van der Waals surface area contributed by atoms with Crippen LogP contribution in [-0.4, -0.2) is 18.5 Å². The van der Waals surface area contributed by atoms with Gasteiger partial charge >= 0.3 is 0 Å². The standard InChI is InChI=1S/C6H7NO.B/c8-5-6-3-1-2-4-7-6;/h1-4,8H,5H2;. The third kappa shape index (κ3) is 2.28. The number of rotatable bonds is 1. The van der Waals surface area contributed by atoms with E-state index in [1.54, 1.807) is 12.3 Å². The van der Waals surface area contributed by atoms with E-state index in [2.05, 4.69) is 4.98 Å². The van der Waals surface area contributed by atoms with Gasteiger partial charge in [-0.1, -0.05) is 6.07 Å². The number of hydrogen-bond acceptors (Lipinski definition) is 2. The Labute approximate surface area is 56.1 Å². The summed E-state index contributed by atoms with van der Waals surface area (Å²) in [6.07, 6.45) is 1.66. The van der Waals surface area contributed by atoms with Crippen LogP contribution in [0.5, 0.6) is 0 Å². The SMILES string of the molecule is OCc1ccccn1.[B]. The molecule has 3 radical (unpaired) electrons. The van der Waals surface area contributed by atoms with Crippen LogP contribution in [-0.2, 0) is 6.61 Å². The Hall–Kier alpha value is -0.825. The van der Waals surface area contributed by atoms with Gasteiger partial charge in [0, 0.05) is 14.6 Å². The molecule has 2 nitrogen and oxygen atoms in total. The first-order valence-electron chi connectivity index (χ1n) is 2.44. The average molecular weight is 120 g/mol. The molecule has 0 atom stereocenters. The number of nitrogens with zero attached hydrogens (tertiary/aromatic N) is 1. The van der Waals surface area contributed by atoms with Gasteiger partial charge in [-0.05, 0) is 12.1 Å². The van der Waals surface area contributed by atoms with Gasteiger partial charge in [0.1, 0.15) is 0 Å². The van der Waals surface area contributed by atoms with Crippen molar-refractivity contribution in [3.63, 3.8) is 0 Å². The molecule has 0 saturated heterocycles. The second-order valence-electron chi connectivity index (χ2n) is 1.48. The number of aliphatic hydroxyl groups excluding tert-OH is 1. The topological polar surface area (TPSA) is 33.1 Å². The lowest BCUT2D eigenvalue weighted by Gasteiger charge is -1.88. The molecule has 1 N–H and O–H groups in total. The number of aliphatic hydroxyl groups is 1. The van der Waals surface area contributed by atoms with E-state index in [9.17, 15) is 0 Å². The molecule has 9 heavy (non-hydrogen) atoms. The van der Waals surface area contributed by atoms with Crippen molar-refractivity contribution in [3.05, 3.63) is 30.1 Å². The van der Waals surface area contributed by atoms with E-state index >= 15 is 0 Å². The molecule has 0 aliphatic heterocycles. The second kappa shape index (κ2) is 4.09.